The van der Waals surface area contributed by atoms with E-state index in [0.29, 0.717) is 11.3 Å². The van der Waals surface area contributed by atoms with Crippen LogP contribution in [0.1, 0.15) is 16.7 Å². The normalized spacial score (nSPS) is 11.0. The summed E-state index contributed by atoms with van der Waals surface area (Å²) < 4.78 is 5.56. The van der Waals surface area contributed by atoms with Crippen LogP contribution in [0.15, 0.2) is 58.4 Å². The Morgan fingerprint density at radius 3 is 2.65 bits per heavy atom. The van der Waals surface area contributed by atoms with Gasteiger partial charge in [0.2, 0.25) is 0 Å². The van der Waals surface area contributed by atoms with Crippen LogP contribution in [-0.2, 0) is 4.79 Å². The van der Waals surface area contributed by atoms with Crippen LogP contribution >= 0.6 is 0 Å². The van der Waals surface area contributed by atoms with Gasteiger partial charge in [0.05, 0.1) is 11.8 Å². The number of pyridine rings is 1. The monoisotopic (exact) mass is 349 g/mol. The number of rotatable bonds is 5. The topological polar surface area (TPSA) is 83.5 Å². The molecule has 0 radical (unpaired) electrons. The summed E-state index contributed by atoms with van der Waals surface area (Å²) in [5, 5.41) is 4.73. The Labute approximate surface area is 150 Å². The molecule has 0 fully saturated rings. The van der Waals surface area contributed by atoms with Crippen molar-refractivity contribution in [2.45, 2.75) is 13.8 Å². The number of nitrogens with one attached hydrogen (secondary N) is 2. The second-order valence-electron chi connectivity index (χ2n) is 5.94. The van der Waals surface area contributed by atoms with E-state index < -0.39 is 5.91 Å². The van der Waals surface area contributed by atoms with Crippen molar-refractivity contribution in [1.82, 2.24) is 10.4 Å². The third-order valence-corrected chi connectivity index (χ3v) is 3.93. The molecule has 6 nitrogen and oxygen atoms in total. The average Bonchev–Trinajstić information content (AvgIpc) is 2.61. The Bertz CT molecular complexity index is 1020. The standard InChI is InChI=1S/C20H19N3O3/c1-13-6-5-7-14(2)19(13)26-12-18(24)23-21-11-16-10-15-8-3-4-9-17(15)22-20(16)25/h3-11H,12H2,1-2H3,(H,22,25)(H,23,24)/b21-11-. The number of hydrogen-bond donors (Lipinski definition) is 2. The first-order valence-corrected chi connectivity index (χ1v) is 8.17. The molecule has 0 bridgehead atoms. The molecule has 132 valence electrons. The van der Waals surface area contributed by atoms with E-state index in [4.69, 9.17) is 4.74 Å². The molecule has 0 saturated carbocycles. The molecule has 0 aliphatic carbocycles. The number of aromatic nitrogens is 1. The van der Waals surface area contributed by atoms with E-state index in [0.717, 1.165) is 22.0 Å². The zero-order valence-electron chi connectivity index (χ0n) is 14.6. The highest BCUT2D eigenvalue weighted by molar-refractivity contribution is 5.88. The number of para-hydroxylation sites is 2. The van der Waals surface area contributed by atoms with Gasteiger partial charge in [-0.15, -0.1) is 0 Å². The van der Waals surface area contributed by atoms with Crippen LogP contribution in [0.5, 0.6) is 5.75 Å². The molecule has 0 atom stereocenters. The Kier molecular flexibility index (Phi) is 5.12. The van der Waals surface area contributed by atoms with Crippen LogP contribution in [0.2, 0.25) is 0 Å². The van der Waals surface area contributed by atoms with Crippen LogP contribution in [0.25, 0.3) is 10.9 Å². The number of fused-ring (bicyclic) bond motifs is 1. The summed E-state index contributed by atoms with van der Waals surface area (Å²) in [4.78, 5) is 26.7. The third kappa shape index (κ3) is 3.97. The predicted octanol–water partition coefficient (Wildman–Crippen LogP) is 2.67. The lowest BCUT2D eigenvalue weighted by molar-refractivity contribution is -0.123. The Balaban J connectivity index is 1.62. The van der Waals surface area contributed by atoms with E-state index >= 15 is 0 Å². The van der Waals surface area contributed by atoms with E-state index in [1.807, 2.05) is 56.3 Å². The van der Waals surface area contributed by atoms with Crippen LogP contribution in [0.4, 0.5) is 0 Å². The molecule has 0 aliphatic heterocycles. The molecule has 0 spiro atoms. The minimum absolute atomic E-state index is 0.156. The van der Waals surface area contributed by atoms with Crippen LogP contribution in [-0.4, -0.2) is 23.7 Å². The number of aromatic amines is 1. The van der Waals surface area contributed by atoms with Gasteiger partial charge in [0, 0.05) is 5.52 Å². The highest BCUT2D eigenvalue weighted by Crippen LogP contribution is 2.21. The molecule has 1 heterocycles. The summed E-state index contributed by atoms with van der Waals surface area (Å²) >= 11 is 0. The number of nitrogens with zero attached hydrogens (tertiary/aromatic N) is 1. The van der Waals surface area contributed by atoms with Gasteiger partial charge in [0.15, 0.2) is 6.61 Å². The number of carbonyl (C=O) groups is 1. The van der Waals surface area contributed by atoms with Gasteiger partial charge in [0.25, 0.3) is 11.5 Å². The molecule has 0 aliphatic rings. The minimum Gasteiger partial charge on any atom is -0.483 e. The van der Waals surface area contributed by atoms with Crippen LogP contribution < -0.4 is 15.7 Å². The number of hydrogen-bond acceptors (Lipinski definition) is 4. The second-order valence-corrected chi connectivity index (χ2v) is 5.94. The third-order valence-electron chi connectivity index (χ3n) is 3.93. The van der Waals surface area contributed by atoms with Crippen LogP contribution in [0, 0.1) is 13.8 Å². The van der Waals surface area contributed by atoms with Crippen LogP contribution in [0.3, 0.4) is 0 Å². The lowest BCUT2D eigenvalue weighted by Gasteiger charge is -2.10. The summed E-state index contributed by atoms with van der Waals surface area (Å²) in [6.45, 7) is 3.69. The average molecular weight is 349 g/mol. The molecule has 1 amide bonds. The quantitative estimate of drug-likeness (QED) is 0.549. The fraction of sp³-hybridized carbons (Fsp3) is 0.150. The molecule has 2 N–H and O–H groups in total. The fourth-order valence-electron chi connectivity index (χ4n) is 2.63. The predicted molar refractivity (Wildman–Crippen MR) is 102 cm³/mol. The zero-order valence-corrected chi connectivity index (χ0v) is 14.6. The molecule has 3 rings (SSSR count). The van der Waals surface area contributed by atoms with Crippen molar-refractivity contribution in [2.75, 3.05) is 6.61 Å². The number of benzene rings is 2. The SMILES string of the molecule is Cc1cccc(C)c1OCC(=O)N/N=C\c1cc2ccccc2[nH]c1=O. The van der Waals surface area contributed by atoms with Crippen molar-refractivity contribution in [3.63, 3.8) is 0 Å². The Morgan fingerprint density at radius 2 is 1.88 bits per heavy atom. The van der Waals surface area contributed by atoms with Crippen molar-refractivity contribution in [3.8, 4) is 5.75 Å². The number of amides is 1. The molecule has 0 saturated heterocycles. The van der Waals surface area contributed by atoms with E-state index in [-0.39, 0.29) is 12.2 Å². The molecular formula is C20H19N3O3. The molecule has 0 unspecified atom stereocenters. The van der Waals surface area contributed by atoms with Gasteiger partial charge >= 0.3 is 0 Å². The number of ether oxygens (including phenoxy) is 1. The minimum atomic E-state index is -0.402. The van der Waals surface area contributed by atoms with E-state index in [2.05, 4.69) is 15.5 Å². The van der Waals surface area contributed by atoms with Gasteiger partial charge in [-0.1, -0.05) is 36.4 Å². The summed E-state index contributed by atoms with van der Waals surface area (Å²) in [6.07, 6.45) is 1.32. The van der Waals surface area contributed by atoms with Gasteiger partial charge < -0.3 is 9.72 Å². The van der Waals surface area contributed by atoms with Gasteiger partial charge in [-0.2, -0.15) is 5.10 Å². The summed E-state index contributed by atoms with van der Waals surface area (Å²) in [5.74, 6) is 0.290. The highest BCUT2D eigenvalue weighted by Gasteiger charge is 2.06. The summed E-state index contributed by atoms with van der Waals surface area (Å²) in [7, 11) is 0. The molecular weight excluding hydrogens is 330 g/mol. The van der Waals surface area contributed by atoms with Crippen molar-refractivity contribution in [2.24, 2.45) is 5.10 Å². The largest absolute Gasteiger partial charge is 0.483 e. The van der Waals surface area contributed by atoms with Crippen molar-refractivity contribution < 1.29 is 9.53 Å². The first-order valence-electron chi connectivity index (χ1n) is 8.17. The van der Waals surface area contributed by atoms with Gasteiger partial charge in [-0.3, -0.25) is 9.59 Å². The molecule has 3 aromatic rings. The maximum Gasteiger partial charge on any atom is 0.277 e. The number of aryl methyl sites for hydroxylation is 2. The molecule has 1 aromatic heterocycles. The lowest BCUT2D eigenvalue weighted by Crippen LogP contribution is -2.25. The molecule has 26 heavy (non-hydrogen) atoms. The number of H-pyrrole nitrogens is 1. The summed E-state index contributed by atoms with van der Waals surface area (Å²) in [5.41, 5.74) is 5.13. The molecule has 2 aromatic carbocycles. The highest BCUT2D eigenvalue weighted by atomic mass is 16.5. The number of hydrazone groups is 1. The molecule has 6 heteroatoms. The number of carbonyl (C=O) groups excluding carboxylic acids is 1. The first kappa shape index (κ1) is 17.4. The van der Waals surface area contributed by atoms with Crippen molar-refractivity contribution >= 4 is 23.0 Å². The van der Waals surface area contributed by atoms with E-state index in [1.54, 1.807) is 6.07 Å². The first-order chi connectivity index (χ1) is 12.5. The van der Waals surface area contributed by atoms with E-state index in [9.17, 15) is 9.59 Å². The van der Waals surface area contributed by atoms with E-state index in [1.165, 1.54) is 6.21 Å². The van der Waals surface area contributed by atoms with Gasteiger partial charge in [-0.25, -0.2) is 5.43 Å². The zero-order chi connectivity index (χ0) is 18.5. The second kappa shape index (κ2) is 7.65. The summed E-state index contributed by atoms with van der Waals surface area (Å²) in [6, 6.07) is 14.9. The fourth-order valence-corrected chi connectivity index (χ4v) is 2.63. The van der Waals surface area contributed by atoms with Gasteiger partial charge in [0.1, 0.15) is 5.75 Å². The Hall–Kier alpha value is -3.41. The Morgan fingerprint density at radius 1 is 1.15 bits per heavy atom. The maximum atomic E-state index is 12.0. The smallest absolute Gasteiger partial charge is 0.277 e. The van der Waals surface area contributed by atoms with Gasteiger partial charge in [-0.05, 0) is 42.5 Å². The lowest BCUT2D eigenvalue weighted by atomic mass is 10.1. The maximum absolute atomic E-state index is 12.0. The van der Waals surface area contributed by atoms with Crippen molar-refractivity contribution in [3.05, 3.63) is 75.6 Å². The van der Waals surface area contributed by atoms with Crippen molar-refractivity contribution in [1.29, 1.82) is 0 Å².